The summed E-state index contributed by atoms with van der Waals surface area (Å²) in [6.45, 7) is 2.04. The van der Waals surface area contributed by atoms with Gasteiger partial charge in [0, 0.05) is 24.5 Å². The average molecular weight is 523 g/mol. The summed E-state index contributed by atoms with van der Waals surface area (Å²) in [5.74, 6) is 1.39. The van der Waals surface area contributed by atoms with Crippen molar-refractivity contribution in [1.82, 2.24) is 14.3 Å². The van der Waals surface area contributed by atoms with Crippen molar-refractivity contribution in [3.63, 3.8) is 0 Å². The molecule has 8 nitrogen and oxygen atoms in total. The summed E-state index contributed by atoms with van der Waals surface area (Å²) in [6.07, 6.45) is 4.33. The number of fused-ring (bicyclic) bond motifs is 3. The molecule has 1 saturated heterocycles. The molecule has 0 amide bonds. The number of hydrogen-bond acceptors (Lipinski definition) is 8. The highest BCUT2D eigenvalue weighted by Crippen LogP contribution is 2.39. The van der Waals surface area contributed by atoms with Gasteiger partial charge in [-0.15, -0.1) is 11.3 Å². The molecule has 11 heteroatoms. The largest absolute Gasteiger partial charge is 0.495 e. The number of benzene rings is 1. The zero-order valence-electron chi connectivity index (χ0n) is 19.0. The van der Waals surface area contributed by atoms with E-state index in [0.717, 1.165) is 35.0 Å². The topological polar surface area (TPSA) is 93.6 Å². The highest BCUT2D eigenvalue weighted by molar-refractivity contribution is 7.88. The molecule has 3 heterocycles. The van der Waals surface area contributed by atoms with E-state index in [0.29, 0.717) is 55.3 Å². The van der Waals surface area contributed by atoms with E-state index in [2.05, 4.69) is 5.32 Å². The molecule has 1 N–H and O–H groups in total. The SMILES string of the molecule is COc1ccc(CNc2nc(CS(=O)(=O)N3CCOCC3)nc3sc4c(c23)CCCC4)cc1Cl. The van der Waals surface area contributed by atoms with E-state index in [4.69, 9.17) is 31.0 Å². The standard InChI is InChI=1S/C23H27ClN4O4S2/c1-31-18-7-6-15(12-17(18)24)13-25-22-21-16-4-2-3-5-19(16)33-23(21)27-20(26-22)14-34(29,30)28-8-10-32-11-9-28/h6-7,12H,2-5,8-11,13-14H2,1H3,(H,25,26,27). The van der Waals surface area contributed by atoms with Crippen molar-refractivity contribution >= 4 is 49.0 Å². The summed E-state index contributed by atoms with van der Waals surface area (Å²) < 4.78 is 38.1. The zero-order valence-corrected chi connectivity index (χ0v) is 21.4. The molecular formula is C23H27ClN4O4S2. The Morgan fingerprint density at radius 2 is 2.00 bits per heavy atom. The van der Waals surface area contributed by atoms with Gasteiger partial charge >= 0.3 is 0 Å². The smallest absolute Gasteiger partial charge is 0.221 e. The lowest BCUT2D eigenvalue weighted by Crippen LogP contribution is -2.41. The van der Waals surface area contributed by atoms with E-state index in [-0.39, 0.29) is 5.75 Å². The lowest BCUT2D eigenvalue weighted by molar-refractivity contribution is 0.0729. The average Bonchev–Trinajstić information content (AvgIpc) is 3.21. The van der Waals surface area contributed by atoms with Gasteiger partial charge in [0.2, 0.25) is 10.0 Å². The van der Waals surface area contributed by atoms with E-state index in [9.17, 15) is 8.42 Å². The molecule has 2 aromatic heterocycles. The molecule has 2 aliphatic rings. The molecule has 0 bridgehead atoms. The van der Waals surface area contributed by atoms with Crippen LogP contribution < -0.4 is 10.1 Å². The number of rotatable bonds is 7. The van der Waals surface area contributed by atoms with E-state index in [1.807, 2.05) is 18.2 Å². The third-order valence-electron chi connectivity index (χ3n) is 6.21. The van der Waals surface area contributed by atoms with Crippen LogP contribution >= 0.6 is 22.9 Å². The Bertz CT molecular complexity index is 1310. The van der Waals surface area contributed by atoms with Crippen molar-refractivity contribution in [3.05, 3.63) is 45.1 Å². The van der Waals surface area contributed by atoms with Crippen LogP contribution in [0.25, 0.3) is 10.2 Å². The molecule has 3 aromatic rings. The van der Waals surface area contributed by atoms with Gasteiger partial charge in [0.05, 0.1) is 30.7 Å². The molecule has 0 spiro atoms. The maximum atomic E-state index is 13.0. The van der Waals surface area contributed by atoms with Crippen LogP contribution in [0, 0.1) is 0 Å². The number of nitrogens with one attached hydrogen (secondary N) is 1. The van der Waals surface area contributed by atoms with Crippen molar-refractivity contribution in [1.29, 1.82) is 0 Å². The van der Waals surface area contributed by atoms with E-state index < -0.39 is 10.0 Å². The van der Waals surface area contributed by atoms with Crippen LogP contribution in [-0.4, -0.2) is 56.1 Å². The molecule has 1 fully saturated rings. The van der Waals surface area contributed by atoms with Crippen LogP contribution in [0.1, 0.15) is 34.7 Å². The molecule has 0 radical (unpaired) electrons. The summed E-state index contributed by atoms with van der Waals surface area (Å²) >= 11 is 7.96. The van der Waals surface area contributed by atoms with Gasteiger partial charge in [0.25, 0.3) is 0 Å². The first-order valence-corrected chi connectivity index (χ1v) is 14.2. The fraction of sp³-hybridized carbons (Fsp3) is 0.478. The van der Waals surface area contributed by atoms with Crippen molar-refractivity contribution < 1.29 is 17.9 Å². The Morgan fingerprint density at radius 3 is 2.76 bits per heavy atom. The quantitative estimate of drug-likeness (QED) is 0.501. The molecule has 0 atom stereocenters. The monoisotopic (exact) mass is 522 g/mol. The summed E-state index contributed by atoms with van der Waals surface area (Å²) in [5.41, 5.74) is 2.27. The first kappa shape index (κ1) is 23.7. The molecule has 5 rings (SSSR count). The third kappa shape index (κ3) is 4.87. The van der Waals surface area contributed by atoms with Gasteiger partial charge in [-0.25, -0.2) is 18.4 Å². The van der Waals surface area contributed by atoms with Gasteiger partial charge < -0.3 is 14.8 Å². The minimum absolute atomic E-state index is 0.228. The number of anilines is 1. The van der Waals surface area contributed by atoms with Gasteiger partial charge in [0.1, 0.15) is 28.0 Å². The van der Waals surface area contributed by atoms with Crippen LogP contribution in [0.5, 0.6) is 5.75 Å². The number of nitrogens with zero attached hydrogens (tertiary/aromatic N) is 3. The fourth-order valence-corrected chi connectivity index (χ4v) is 7.38. The van der Waals surface area contributed by atoms with Gasteiger partial charge in [-0.1, -0.05) is 17.7 Å². The van der Waals surface area contributed by atoms with Crippen LogP contribution in [-0.2, 0) is 39.9 Å². The molecule has 0 saturated carbocycles. The Hall–Kier alpha value is -1.98. The maximum absolute atomic E-state index is 13.0. The number of morpholine rings is 1. The second-order valence-electron chi connectivity index (χ2n) is 8.47. The summed E-state index contributed by atoms with van der Waals surface area (Å²) in [4.78, 5) is 11.6. The Morgan fingerprint density at radius 1 is 1.21 bits per heavy atom. The zero-order chi connectivity index (χ0) is 23.7. The second-order valence-corrected chi connectivity index (χ2v) is 11.9. The Balaban J connectivity index is 1.48. The predicted molar refractivity (Wildman–Crippen MR) is 134 cm³/mol. The van der Waals surface area contributed by atoms with Crippen molar-refractivity contribution in [2.75, 3.05) is 38.7 Å². The third-order valence-corrected chi connectivity index (χ3v) is 9.47. The van der Waals surface area contributed by atoms with Crippen LogP contribution in [0.2, 0.25) is 5.02 Å². The second kappa shape index (κ2) is 9.94. The van der Waals surface area contributed by atoms with Crippen molar-refractivity contribution in [3.8, 4) is 5.75 Å². The van der Waals surface area contributed by atoms with Gasteiger partial charge in [-0.3, -0.25) is 0 Å². The van der Waals surface area contributed by atoms with E-state index in [1.54, 1.807) is 18.4 Å². The Kier molecular flexibility index (Phi) is 6.95. The molecule has 0 unspecified atom stereocenters. The minimum atomic E-state index is -3.53. The highest BCUT2D eigenvalue weighted by atomic mass is 35.5. The fourth-order valence-electron chi connectivity index (χ4n) is 4.48. The number of sulfonamides is 1. The van der Waals surface area contributed by atoms with Crippen molar-refractivity contribution in [2.45, 2.75) is 38.0 Å². The Labute approximate surface area is 208 Å². The number of hydrogen-bond donors (Lipinski definition) is 1. The number of halogens is 1. The lowest BCUT2D eigenvalue weighted by Gasteiger charge is -2.25. The van der Waals surface area contributed by atoms with Gasteiger partial charge in [0.15, 0.2) is 0 Å². The first-order chi connectivity index (χ1) is 16.4. The molecule has 1 aromatic carbocycles. The maximum Gasteiger partial charge on any atom is 0.221 e. The molecule has 34 heavy (non-hydrogen) atoms. The lowest BCUT2D eigenvalue weighted by atomic mass is 9.97. The first-order valence-electron chi connectivity index (χ1n) is 11.4. The molecule has 182 valence electrons. The summed E-state index contributed by atoms with van der Waals surface area (Å²) in [6, 6.07) is 5.64. The summed E-state index contributed by atoms with van der Waals surface area (Å²) in [7, 11) is -1.94. The summed E-state index contributed by atoms with van der Waals surface area (Å²) in [5, 5.41) is 5.00. The van der Waals surface area contributed by atoms with Crippen LogP contribution in [0.4, 0.5) is 5.82 Å². The number of aromatic nitrogens is 2. The molecule has 1 aliphatic heterocycles. The number of thiophene rings is 1. The van der Waals surface area contributed by atoms with Crippen LogP contribution in [0.3, 0.4) is 0 Å². The van der Waals surface area contributed by atoms with E-state index in [1.165, 1.54) is 21.2 Å². The predicted octanol–water partition coefficient (Wildman–Crippen LogP) is 4.01. The normalized spacial score (nSPS) is 17.0. The van der Waals surface area contributed by atoms with Gasteiger partial charge in [-0.05, 0) is 48.9 Å². The molecule has 1 aliphatic carbocycles. The van der Waals surface area contributed by atoms with Crippen molar-refractivity contribution in [2.24, 2.45) is 0 Å². The number of ether oxygens (including phenoxy) is 2. The highest BCUT2D eigenvalue weighted by Gasteiger charge is 2.27. The molecular weight excluding hydrogens is 496 g/mol. The van der Waals surface area contributed by atoms with Gasteiger partial charge in [-0.2, -0.15) is 4.31 Å². The minimum Gasteiger partial charge on any atom is -0.495 e. The number of methoxy groups -OCH3 is 1. The van der Waals surface area contributed by atoms with Crippen LogP contribution in [0.15, 0.2) is 18.2 Å². The number of aryl methyl sites for hydroxylation is 2. The van der Waals surface area contributed by atoms with E-state index >= 15 is 0 Å².